The first-order valence-electron chi connectivity index (χ1n) is 6.90. The molecule has 0 aromatic carbocycles. The second-order valence-corrected chi connectivity index (χ2v) is 5.04. The fraction of sp³-hybridized carbons (Fsp3) is 0.600. The minimum atomic E-state index is 0.0466. The number of nitrogens with zero attached hydrogens (tertiary/aromatic N) is 3. The number of rotatable bonds is 7. The number of pyridine rings is 1. The first-order valence-corrected chi connectivity index (χ1v) is 6.90. The molecular formula is C15H24N4. The monoisotopic (exact) mass is 260 g/mol. The van der Waals surface area contributed by atoms with Gasteiger partial charge in [-0.2, -0.15) is 5.26 Å². The molecule has 19 heavy (non-hydrogen) atoms. The Balaban J connectivity index is 3.04. The van der Waals surface area contributed by atoms with Crippen molar-refractivity contribution in [3.8, 4) is 6.07 Å². The summed E-state index contributed by atoms with van der Waals surface area (Å²) in [7, 11) is 0. The average molecular weight is 260 g/mol. The lowest BCUT2D eigenvalue weighted by molar-refractivity contribution is 0.133. The van der Waals surface area contributed by atoms with E-state index in [-0.39, 0.29) is 12.1 Å². The maximum absolute atomic E-state index is 8.82. The van der Waals surface area contributed by atoms with Crippen molar-refractivity contribution in [2.75, 3.05) is 6.54 Å². The van der Waals surface area contributed by atoms with Crippen LogP contribution in [0.2, 0.25) is 0 Å². The molecule has 104 valence electrons. The van der Waals surface area contributed by atoms with Crippen LogP contribution in [0.1, 0.15) is 45.2 Å². The molecule has 1 aromatic rings. The highest BCUT2D eigenvalue weighted by molar-refractivity contribution is 5.16. The molecule has 0 aliphatic heterocycles. The van der Waals surface area contributed by atoms with Gasteiger partial charge in [0, 0.05) is 37.4 Å². The molecule has 2 N–H and O–H groups in total. The zero-order valence-electron chi connectivity index (χ0n) is 12.1. The molecule has 0 spiro atoms. The van der Waals surface area contributed by atoms with Crippen LogP contribution in [-0.2, 0) is 0 Å². The average Bonchev–Trinajstić information content (AvgIpc) is 2.43. The molecule has 1 rings (SSSR count). The van der Waals surface area contributed by atoms with E-state index < -0.39 is 0 Å². The van der Waals surface area contributed by atoms with Crippen LogP contribution in [0.5, 0.6) is 0 Å². The normalized spacial score (nSPS) is 14.4. The SMILES string of the molecule is CCC(N)C(c1cccnc1)N(CCC#N)C(C)C. The standard InChI is InChI=1S/C15H24N4/c1-4-14(17)15(13-7-5-9-18-11-13)19(12(2)3)10-6-8-16/h5,7,9,11-12,14-15H,4,6,10,17H2,1-3H3. The molecule has 0 saturated carbocycles. The topological polar surface area (TPSA) is 65.9 Å². The summed E-state index contributed by atoms with van der Waals surface area (Å²) in [6.07, 6.45) is 5.07. The van der Waals surface area contributed by atoms with Crippen molar-refractivity contribution in [3.05, 3.63) is 30.1 Å². The van der Waals surface area contributed by atoms with Gasteiger partial charge in [-0.25, -0.2) is 0 Å². The summed E-state index contributed by atoms with van der Waals surface area (Å²) >= 11 is 0. The van der Waals surface area contributed by atoms with Gasteiger partial charge in [0.25, 0.3) is 0 Å². The molecule has 0 saturated heterocycles. The molecule has 0 fully saturated rings. The number of hydrogen-bond donors (Lipinski definition) is 1. The molecule has 4 heteroatoms. The Morgan fingerprint density at radius 3 is 2.68 bits per heavy atom. The molecular weight excluding hydrogens is 236 g/mol. The van der Waals surface area contributed by atoms with E-state index in [1.165, 1.54) is 0 Å². The van der Waals surface area contributed by atoms with Gasteiger partial charge in [0.2, 0.25) is 0 Å². The Bertz CT molecular complexity index is 396. The summed E-state index contributed by atoms with van der Waals surface area (Å²) in [5.41, 5.74) is 7.44. The lowest BCUT2D eigenvalue weighted by Crippen LogP contribution is -2.44. The predicted molar refractivity (Wildman–Crippen MR) is 77.3 cm³/mol. The van der Waals surface area contributed by atoms with Gasteiger partial charge < -0.3 is 5.73 Å². The van der Waals surface area contributed by atoms with Gasteiger partial charge in [-0.1, -0.05) is 13.0 Å². The third-order valence-corrected chi connectivity index (χ3v) is 3.41. The van der Waals surface area contributed by atoms with Crippen LogP contribution in [0.4, 0.5) is 0 Å². The second-order valence-electron chi connectivity index (χ2n) is 5.04. The number of nitrogens with two attached hydrogens (primary N) is 1. The summed E-state index contributed by atoms with van der Waals surface area (Å²) in [5.74, 6) is 0. The maximum Gasteiger partial charge on any atom is 0.0635 e. The van der Waals surface area contributed by atoms with E-state index >= 15 is 0 Å². The third kappa shape index (κ3) is 4.30. The Morgan fingerprint density at radius 2 is 2.21 bits per heavy atom. The van der Waals surface area contributed by atoms with Gasteiger partial charge in [0.05, 0.1) is 12.1 Å². The predicted octanol–water partition coefficient (Wildman–Crippen LogP) is 2.48. The Hall–Kier alpha value is -1.44. The Labute approximate surface area is 116 Å². The summed E-state index contributed by atoms with van der Waals surface area (Å²) < 4.78 is 0. The zero-order valence-corrected chi connectivity index (χ0v) is 12.1. The van der Waals surface area contributed by atoms with E-state index in [0.29, 0.717) is 12.5 Å². The summed E-state index contributed by atoms with van der Waals surface area (Å²) in [4.78, 5) is 6.50. The van der Waals surface area contributed by atoms with Crippen molar-refractivity contribution in [2.45, 2.75) is 51.7 Å². The van der Waals surface area contributed by atoms with Crippen molar-refractivity contribution in [3.63, 3.8) is 0 Å². The van der Waals surface area contributed by atoms with E-state index in [1.54, 1.807) is 6.20 Å². The zero-order chi connectivity index (χ0) is 14.3. The molecule has 2 unspecified atom stereocenters. The summed E-state index contributed by atoms with van der Waals surface area (Å²) in [5, 5.41) is 8.82. The van der Waals surface area contributed by atoms with Crippen molar-refractivity contribution >= 4 is 0 Å². The highest BCUT2D eigenvalue weighted by atomic mass is 15.2. The van der Waals surface area contributed by atoms with Gasteiger partial charge in [-0.05, 0) is 31.9 Å². The fourth-order valence-electron chi connectivity index (χ4n) is 2.36. The van der Waals surface area contributed by atoms with Crippen LogP contribution >= 0.6 is 0 Å². The highest BCUT2D eigenvalue weighted by Gasteiger charge is 2.27. The van der Waals surface area contributed by atoms with Gasteiger partial charge in [0.1, 0.15) is 0 Å². The van der Waals surface area contributed by atoms with Gasteiger partial charge in [-0.3, -0.25) is 9.88 Å². The van der Waals surface area contributed by atoms with Crippen molar-refractivity contribution in [2.24, 2.45) is 5.73 Å². The second kappa shape index (κ2) is 7.88. The van der Waals surface area contributed by atoms with E-state index in [9.17, 15) is 0 Å². The van der Waals surface area contributed by atoms with Crippen LogP contribution in [-0.4, -0.2) is 28.5 Å². The first kappa shape index (κ1) is 15.6. The number of hydrogen-bond acceptors (Lipinski definition) is 4. The Kier molecular flexibility index (Phi) is 6.48. The van der Waals surface area contributed by atoms with Crippen molar-refractivity contribution < 1.29 is 0 Å². The highest BCUT2D eigenvalue weighted by Crippen LogP contribution is 2.26. The smallest absolute Gasteiger partial charge is 0.0635 e. The van der Waals surface area contributed by atoms with Gasteiger partial charge in [-0.15, -0.1) is 0 Å². The van der Waals surface area contributed by atoms with Crippen LogP contribution in [0.25, 0.3) is 0 Å². The summed E-state index contributed by atoms with van der Waals surface area (Å²) in [6, 6.07) is 6.73. The molecule has 0 amide bonds. The molecule has 1 aromatic heterocycles. The fourth-order valence-corrected chi connectivity index (χ4v) is 2.36. The number of aromatic nitrogens is 1. The lowest BCUT2D eigenvalue weighted by atomic mass is 9.96. The van der Waals surface area contributed by atoms with Gasteiger partial charge >= 0.3 is 0 Å². The van der Waals surface area contributed by atoms with Crippen molar-refractivity contribution in [1.29, 1.82) is 5.26 Å². The van der Waals surface area contributed by atoms with Crippen LogP contribution in [0.3, 0.4) is 0 Å². The quantitative estimate of drug-likeness (QED) is 0.818. The van der Waals surface area contributed by atoms with E-state index in [2.05, 4.69) is 42.8 Å². The Morgan fingerprint density at radius 1 is 1.47 bits per heavy atom. The largest absolute Gasteiger partial charge is 0.326 e. The van der Waals surface area contributed by atoms with Gasteiger partial charge in [0.15, 0.2) is 0 Å². The molecule has 4 nitrogen and oxygen atoms in total. The van der Waals surface area contributed by atoms with Crippen LogP contribution in [0.15, 0.2) is 24.5 Å². The first-order chi connectivity index (χ1) is 9.11. The van der Waals surface area contributed by atoms with Crippen LogP contribution in [0, 0.1) is 11.3 Å². The molecule has 1 heterocycles. The number of nitriles is 1. The van der Waals surface area contributed by atoms with Crippen LogP contribution < -0.4 is 5.73 Å². The molecule has 2 atom stereocenters. The maximum atomic E-state index is 8.82. The third-order valence-electron chi connectivity index (χ3n) is 3.41. The lowest BCUT2D eigenvalue weighted by Gasteiger charge is -2.38. The van der Waals surface area contributed by atoms with E-state index in [4.69, 9.17) is 11.0 Å². The molecule has 0 bridgehead atoms. The molecule has 0 aliphatic carbocycles. The van der Waals surface area contributed by atoms with E-state index in [1.807, 2.05) is 12.3 Å². The molecule has 0 aliphatic rings. The minimum absolute atomic E-state index is 0.0466. The van der Waals surface area contributed by atoms with Crippen molar-refractivity contribution in [1.82, 2.24) is 9.88 Å². The molecule has 0 radical (unpaired) electrons. The minimum Gasteiger partial charge on any atom is -0.326 e. The summed E-state index contributed by atoms with van der Waals surface area (Å²) in [6.45, 7) is 7.12. The van der Waals surface area contributed by atoms with E-state index in [0.717, 1.165) is 18.5 Å².